The summed E-state index contributed by atoms with van der Waals surface area (Å²) in [4.78, 5) is 14.6. The molecular weight excluding hydrogens is 957 g/mol. The third kappa shape index (κ3) is 19.0. The van der Waals surface area contributed by atoms with Crippen LogP contribution in [0.4, 0.5) is 17.1 Å². The van der Waals surface area contributed by atoms with Crippen LogP contribution >= 0.6 is 0 Å². The lowest BCUT2D eigenvalue weighted by Crippen LogP contribution is -3.15. The monoisotopic (exact) mass is 1070 g/mol. The summed E-state index contributed by atoms with van der Waals surface area (Å²) in [5.74, 6) is 8.44. The van der Waals surface area contributed by atoms with E-state index >= 15 is 0 Å². The minimum Gasteiger partial charge on any atom is -0.396 e. The Labute approximate surface area is 476 Å². The first-order valence-corrected chi connectivity index (χ1v) is 31.8. The van der Waals surface area contributed by atoms with E-state index in [4.69, 9.17) is 10.4 Å². The number of nitrogens with zero attached hydrogens (tertiary/aromatic N) is 2. The number of para-hydroxylation sites is 3. The van der Waals surface area contributed by atoms with E-state index < -0.39 is 0 Å². The van der Waals surface area contributed by atoms with Crippen LogP contribution in [0, 0.1) is 34.0 Å². The number of unbranched alkanes of at least 4 members (excludes halogenated alkanes) is 1. The van der Waals surface area contributed by atoms with Crippen LogP contribution in [0.25, 0.3) is 11.1 Å². The molecule has 6 saturated heterocycles. The summed E-state index contributed by atoms with van der Waals surface area (Å²) in [6, 6.07) is 27.5. The fraction of sp³-hybridized carbons (Fsp3) is 0.652. The highest BCUT2D eigenvalue weighted by Gasteiger charge is 2.41. The first kappa shape index (κ1) is 63.0. The Hall–Kier alpha value is -4.16. The molecule has 0 spiro atoms. The van der Waals surface area contributed by atoms with Crippen molar-refractivity contribution in [2.24, 2.45) is 15.8 Å². The maximum atomic E-state index is 9.16. The van der Waals surface area contributed by atoms with Gasteiger partial charge in [0.25, 0.3) is 0 Å². The Morgan fingerprint density at radius 3 is 1.91 bits per heavy atom. The van der Waals surface area contributed by atoms with Gasteiger partial charge in [-0.05, 0) is 75.8 Å². The van der Waals surface area contributed by atoms with Crippen LogP contribution in [0.15, 0.2) is 83.9 Å². The standard InChI is InChI=1S/C17H15N.C17H25N.C11H20N2.C9H16N2.C8H15NO.C7H15N/c1-3-8-13(2)18-16-11-6-4-9-14(16)15-10-5-7-12-17(15)18;1-4-5-6-7-12-18-13-11-15-9-8-10-16(14(2)3)17(15)18;1-11(2)5-9-13(10-6-11)8-4-3-7-12;1-2-5-9-10-6-4-8-11(9)7-3-1;10-7-8-1-4-9(5-2-8)6-3-8;1-7(2)8-5-3-4-6-8/h4-7,9-13H,1-2H3;5-6,8-10,14H,4,7,11-13H2,1-3H3;3-6,8-10H2,1-2H3;1-8H2;10H,1-7H2;7H,3-6H2,1-2H3/p+6/b;6-5+;;;;. The first-order valence-electron chi connectivity index (χ1n) is 31.8. The Bertz CT molecular complexity index is 2320. The number of allylic oxidation sites excluding steroid dienone is 1. The molecule has 3 atom stereocenters. The number of amidine groups is 1. The molecule has 12 rings (SSSR count). The number of aliphatic hydroxyl groups excluding tert-OH is 1. The van der Waals surface area contributed by atoms with Gasteiger partial charge in [-0.25, -0.2) is 4.99 Å². The first-order chi connectivity index (χ1) is 37.8. The van der Waals surface area contributed by atoms with Crippen molar-refractivity contribution in [3.05, 3.63) is 90.0 Å². The number of aliphatic hydroxyl groups is 1. The average Bonchev–Trinajstić information content (AvgIpc) is 4.27. The maximum Gasteiger partial charge on any atom is 0.196 e. The molecular formula is C69H112N8O+6. The fourth-order valence-electron chi connectivity index (χ4n) is 13.5. The zero-order valence-corrected chi connectivity index (χ0v) is 51.0. The SMILES string of the molecule is C1CCC2=NCCC[NH+]2CC1.CC#CC(C)[NH+]1c2ccccc2-c2ccccc21.CC(C)[NH+]1CCCC1.CC/C=C/CC[NH+]1CCc2cccc(C(C)C)c21.CC1(C)CC[NH+](CCCC#N)CC1.OCC12CC[NH+](CC1)CC2. The summed E-state index contributed by atoms with van der Waals surface area (Å²) in [7, 11) is 0. The average molecular weight is 1070 g/mol. The van der Waals surface area contributed by atoms with Gasteiger partial charge in [0.1, 0.15) is 17.1 Å². The molecule has 9 heterocycles. The number of quaternary nitrogens is 6. The Balaban J connectivity index is 0.000000155. The molecule has 3 unspecified atom stereocenters. The van der Waals surface area contributed by atoms with Crippen molar-refractivity contribution in [3.8, 4) is 29.0 Å². The summed E-state index contributed by atoms with van der Waals surface area (Å²) in [5.41, 5.74) is 11.0. The molecule has 2 bridgehead atoms. The molecule has 428 valence electrons. The molecule has 6 fully saturated rings. The highest BCUT2D eigenvalue weighted by Crippen LogP contribution is 2.37. The van der Waals surface area contributed by atoms with Gasteiger partial charge in [-0.2, -0.15) is 5.26 Å². The van der Waals surface area contributed by atoms with Crippen LogP contribution in [0.2, 0.25) is 0 Å². The van der Waals surface area contributed by atoms with Crippen LogP contribution in [0.5, 0.6) is 0 Å². The van der Waals surface area contributed by atoms with Gasteiger partial charge in [-0.3, -0.25) is 9.80 Å². The van der Waals surface area contributed by atoms with Gasteiger partial charge in [0.2, 0.25) is 0 Å². The van der Waals surface area contributed by atoms with Crippen LogP contribution in [-0.4, -0.2) is 115 Å². The molecule has 9 aliphatic heterocycles. The number of likely N-dealkylation sites (tertiary alicyclic amines) is 2. The van der Waals surface area contributed by atoms with Crippen LogP contribution in [0.3, 0.4) is 0 Å². The summed E-state index contributed by atoms with van der Waals surface area (Å²) < 4.78 is 0. The van der Waals surface area contributed by atoms with Crippen molar-refractivity contribution in [1.29, 1.82) is 5.26 Å². The number of fused-ring (bicyclic) bond motifs is 8. The van der Waals surface area contributed by atoms with Crippen LogP contribution in [-0.2, 0) is 6.42 Å². The van der Waals surface area contributed by atoms with E-state index in [-0.39, 0.29) is 6.04 Å². The second-order valence-corrected chi connectivity index (χ2v) is 25.6. The van der Waals surface area contributed by atoms with Crippen molar-refractivity contribution in [2.75, 3.05) is 91.7 Å². The van der Waals surface area contributed by atoms with E-state index in [2.05, 4.69) is 157 Å². The number of nitriles is 1. The van der Waals surface area contributed by atoms with Gasteiger partial charge in [-0.15, -0.1) is 5.92 Å². The van der Waals surface area contributed by atoms with Crippen molar-refractivity contribution in [1.82, 2.24) is 0 Å². The Morgan fingerprint density at radius 2 is 1.33 bits per heavy atom. The number of benzene rings is 3. The van der Waals surface area contributed by atoms with Crippen LogP contribution in [0.1, 0.15) is 182 Å². The number of rotatable bonds is 11. The van der Waals surface area contributed by atoms with E-state index in [1.165, 1.54) is 202 Å². The molecule has 0 radical (unpaired) electrons. The smallest absolute Gasteiger partial charge is 0.196 e. The van der Waals surface area contributed by atoms with Crippen molar-refractivity contribution in [3.63, 3.8) is 0 Å². The minimum absolute atomic E-state index is 0.278. The van der Waals surface area contributed by atoms with Gasteiger partial charge < -0.3 is 24.7 Å². The number of aliphatic imine (C=N–C) groups is 1. The highest BCUT2D eigenvalue weighted by molar-refractivity contribution is 5.85. The molecule has 3 aromatic rings. The zero-order chi connectivity index (χ0) is 55.8. The number of hydrogen-bond acceptors (Lipinski definition) is 3. The van der Waals surface area contributed by atoms with E-state index in [0.717, 1.165) is 31.8 Å². The molecule has 3 aromatic carbocycles. The normalized spacial score (nSPS) is 24.1. The fourth-order valence-corrected chi connectivity index (χ4v) is 13.5. The third-order valence-corrected chi connectivity index (χ3v) is 18.7. The molecule has 0 aliphatic carbocycles. The minimum atomic E-state index is 0.278. The van der Waals surface area contributed by atoms with E-state index in [1.54, 1.807) is 41.3 Å². The van der Waals surface area contributed by atoms with E-state index in [9.17, 15) is 0 Å². The zero-order valence-electron chi connectivity index (χ0n) is 51.0. The molecule has 0 amide bonds. The lowest BCUT2D eigenvalue weighted by molar-refractivity contribution is -0.919. The third-order valence-electron chi connectivity index (χ3n) is 18.7. The Morgan fingerprint density at radius 1 is 0.692 bits per heavy atom. The second-order valence-electron chi connectivity index (χ2n) is 25.6. The predicted molar refractivity (Wildman–Crippen MR) is 327 cm³/mol. The number of hydrogen-bond donors (Lipinski definition) is 7. The molecule has 7 N–H and O–H groups in total. The summed E-state index contributed by atoms with van der Waals surface area (Å²) in [6.45, 7) is 37.5. The lowest BCUT2D eigenvalue weighted by atomic mass is 9.73. The lowest BCUT2D eigenvalue weighted by Gasteiger charge is -2.44. The van der Waals surface area contributed by atoms with Gasteiger partial charge in [0.05, 0.1) is 90.6 Å². The summed E-state index contributed by atoms with van der Waals surface area (Å²) in [5, 5.41) is 17.6. The maximum absolute atomic E-state index is 9.16. The Kier molecular flexibility index (Phi) is 26.6. The molecule has 9 nitrogen and oxygen atoms in total. The van der Waals surface area contributed by atoms with Crippen molar-refractivity contribution in [2.45, 2.75) is 189 Å². The number of nitrogens with one attached hydrogen (secondary N) is 6. The molecule has 0 saturated carbocycles. The van der Waals surface area contributed by atoms with Gasteiger partial charge in [0, 0.05) is 143 Å². The van der Waals surface area contributed by atoms with Crippen LogP contribution < -0.4 is 29.4 Å². The quantitative estimate of drug-likeness (QED) is 0.0679. The van der Waals surface area contributed by atoms with Gasteiger partial charge in [0.15, 0.2) is 11.9 Å². The molecule has 9 aliphatic rings. The topological polar surface area (TPSA) is 83.0 Å². The van der Waals surface area contributed by atoms with Crippen molar-refractivity contribution < 1.29 is 34.5 Å². The predicted octanol–water partition coefficient (Wildman–Crippen LogP) is 6.53. The molecule has 9 heteroatoms. The van der Waals surface area contributed by atoms with Crippen molar-refractivity contribution >= 4 is 22.9 Å². The van der Waals surface area contributed by atoms with E-state index in [1.807, 2.05) is 6.92 Å². The molecule has 78 heavy (non-hydrogen) atoms. The summed E-state index contributed by atoms with van der Waals surface area (Å²) >= 11 is 0. The summed E-state index contributed by atoms with van der Waals surface area (Å²) in [6.07, 6.45) is 26.2. The second kappa shape index (κ2) is 32.9. The largest absolute Gasteiger partial charge is 0.396 e. The number of piperidine rings is 4. The van der Waals surface area contributed by atoms with E-state index in [0.29, 0.717) is 23.4 Å². The van der Waals surface area contributed by atoms with Gasteiger partial charge in [-0.1, -0.05) is 89.2 Å². The van der Waals surface area contributed by atoms with Gasteiger partial charge >= 0.3 is 0 Å². The molecule has 0 aromatic heterocycles. The highest BCUT2D eigenvalue weighted by atomic mass is 16.3.